The number of likely N-dealkylation sites (N-methyl/N-ethyl adjacent to an activating group) is 1. The van der Waals surface area contributed by atoms with Gasteiger partial charge in [-0.15, -0.1) is 0 Å². The molecule has 4 rings (SSSR count). The Hall–Kier alpha value is -4.65. The van der Waals surface area contributed by atoms with Crippen molar-refractivity contribution in [3.8, 4) is 28.9 Å². The van der Waals surface area contributed by atoms with E-state index in [4.69, 9.17) is 18.9 Å². The maximum Gasteiger partial charge on any atom is 0.264 e. The minimum Gasteiger partial charge on any atom is -0.496 e. The van der Waals surface area contributed by atoms with E-state index in [1.807, 2.05) is 0 Å². The van der Waals surface area contributed by atoms with Gasteiger partial charge in [-0.05, 0) is 19.2 Å². The van der Waals surface area contributed by atoms with Gasteiger partial charge in [-0.3, -0.25) is 4.79 Å². The molecule has 2 heterocycles. The van der Waals surface area contributed by atoms with E-state index in [-0.39, 0.29) is 17.3 Å². The third-order valence-corrected chi connectivity index (χ3v) is 5.26. The van der Waals surface area contributed by atoms with Crippen molar-refractivity contribution in [2.45, 2.75) is 0 Å². The Kier molecular flexibility index (Phi) is 8.06. The molecule has 0 bridgehead atoms. The molecule has 38 heavy (non-hydrogen) atoms. The molecule has 0 aliphatic heterocycles. The first-order chi connectivity index (χ1) is 18.4. The van der Waals surface area contributed by atoms with Crippen LogP contribution in [0.5, 0.6) is 28.9 Å². The van der Waals surface area contributed by atoms with Crippen LogP contribution in [-0.2, 0) is 0 Å². The summed E-state index contributed by atoms with van der Waals surface area (Å²) in [5, 5.41) is 5.49. The topological polar surface area (TPSA) is 117 Å². The van der Waals surface area contributed by atoms with Crippen LogP contribution in [0.4, 0.5) is 18.9 Å². The first kappa shape index (κ1) is 26.4. The Morgan fingerprint density at radius 2 is 1.68 bits per heavy atom. The largest absolute Gasteiger partial charge is 0.496 e. The molecule has 4 aromatic rings. The van der Waals surface area contributed by atoms with Gasteiger partial charge in [0, 0.05) is 36.6 Å². The number of carbonyl (C=O) groups excluding carboxylic acids is 1. The highest BCUT2D eigenvalue weighted by atomic mass is 19.1. The number of amides is 1. The van der Waals surface area contributed by atoms with Crippen LogP contribution >= 0.6 is 0 Å². The molecular weight excluding hydrogens is 507 g/mol. The summed E-state index contributed by atoms with van der Waals surface area (Å²) >= 11 is 0. The number of hydrogen-bond acceptors (Lipinski definition) is 9. The molecule has 0 spiro atoms. The second-order valence-electron chi connectivity index (χ2n) is 7.66. The first-order valence-electron chi connectivity index (χ1n) is 11.1. The maximum atomic E-state index is 14.9. The van der Waals surface area contributed by atoms with Crippen molar-refractivity contribution in [2.75, 3.05) is 39.7 Å². The van der Waals surface area contributed by atoms with Gasteiger partial charge in [-0.2, -0.15) is 4.39 Å². The number of rotatable bonds is 10. The molecule has 1 amide bonds. The van der Waals surface area contributed by atoms with Crippen LogP contribution in [0.1, 0.15) is 10.4 Å². The summed E-state index contributed by atoms with van der Waals surface area (Å²) in [6, 6.07) is 6.02. The molecule has 13 heteroatoms. The summed E-state index contributed by atoms with van der Waals surface area (Å²) < 4.78 is 65.5. The number of nitrogens with zero attached hydrogens (tertiary/aromatic N) is 3. The van der Waals surface area contributed by atoms with Crippen LogP contribution < -0.4 is 29.6 Å². The van der Waals surface area contributed by atoms with Gasteiger partial charge in [-0.1, -0.05) is 0 Å². The molecule has 0 saturated carbocycles. The summed E-state index contributed by atoms with van der Waals surface area (Å²) in [4.78, 5) is 24.1. The monoisotopic (exact) mass is 529 g/mol. The molecule has 0 unspecified atom stereocenters. The van der Waals surface area contributed by atoms with Crippen LogP contribution in [0.2, 0.25) is 0 Å². The average molecular weight is 529 g/mol. The van der Waals surface area contributed by atoms with Crippen LogP contribution in [0.3, 0.4) is 0 Å². The summed E-state index contributed by atoms with van der Waals surface area (Å²) in [6.45, 7) is 0.964. The molecule has 2 aromatic heterocycles. The van der Waals surface area contributed by atoms with Crippen LogP contribution in [-0.4, -0.2) is 55.3 Å². The minimum absolute atomic E-state index is 0.0995. The first-order valence-corrected chi connectivity index (χ1v) is 11.1. The fourth-order valence-corrected chi connectivity index (χ4v) is 3.47. The number of pyridine rings is 1. The molecule has 0 aliphatic rings. The number of ether oxygens (including phenoxy) is 4. The fraction of sp³-hybridized carbons (Fsp3) is 0.200. The number of carbonyl (C=O) groups is 1. The van der Waals surface area contributed by atoms with E-state index in [1.54, 1.807) is 13.1 Å². The molecular formula is C25H22F3N5O5. The lowest BCUT2D eigenvalue weighted by Gasteiger charge is -2.14. The third kappa shape index (κ3) is 5.52. The predicted molar refractivity (Wildman–Crippen MR) is 131 cm³/mol. The van der Waals surface area contributed by atoms with Crippen molar-refractivity contribution < 1.29 is 36.9 Å². The molecule has 0 saturated heterocycles. The normalized spacial score (nSPS) is 10.8. The van der Waals surface area contributed by atoms with Gasteiger partial charge in [-0.25, -0.2) is 23.7 Å². The van der Waals surface area contributed by atoms with E-state index >= 15 is 0 Å². The summed E-state index contributed by atoms with van der Waals surface area (Å²) in [5.74, 6) is -4.68. The van der Waals surface area contributed by atoms with E-state index < -0.39 is 34.8 Å². The zero-order valence-electron chi connectivity index (χ0n) is 20.5. The highest BCUT2D eigenvalue weighted by Gasteiger charge is 2.22. The smallest absolute Gasteiger partial charge is 0.264 e. The van der Waals surface area contributed by atoms with Crippen molar-refractivity contribution in [3.63, 3.8) is 0 Å². The quantitative estimate of drug-likeness (QED) is 0.231. The van der Waals surface area contributed by atoms with Gasteiger partial charge < -0.3 is 29.6 Å². The molecule has 2 N–H and O–H groups in total. The van der Waals surface area contributed by atoms with Crippen LogP contribution in [0, 0.1) is 17.6 Å². The summed E-state index contributed by atoms with van der Waals surface area (Å²) in [6.07, 6.45) is 2.28. The van der Waals surface area contributed by atoms with Crippen molar-refractivity contribution in [2.24, 2.45) is 0 Å². The second kappa shape index (κ2) is 11.6. The van der Waals surface area contributed by atoms with Crippen LogP contribution in [0.25, 0.3) is 10.9 Å². The van der Waals surface area contributed by atoms with E-state index in [0.29, 0.717) is 35.6 Å². The molecule has 0 atom stereocenters. The van der Waals surface area contributed by atoms with Crippen molar-refractivity contribution in [3.05, 3.63) is 66.0 Å². The highest BCUT2D eigenvalue weighted by molar-refractivity contribution is 6.06. The number of methoxy groups -OCH3 is 2. The van der Waals surface area contributed by atoms with E-state index in [0.717, 1.165) is 18.3 Å². The van der Waals surface area contributed by atoms with Gasteiger partial charge in [0.15, 0.2) is 23.1 Å². The third-order valence-electron chi connectivity index (χ3n) is 5.26. The Balaban J connectivity index is 1.62. The fourth-order valence-electron chi connectivity index (χ4n) is 3.47. The zero-order valence-corrected chi connectivity index (χ0v) is 20.5. The van der Waals surface area contributed by atoms with Crippen molar-refractivity contribution in [1.82, 2.24) is 20.3 Å². The van der Waals surface area contributed by atoms with Gasteiger partial charge in [0.2, 0.25) is 17.6 Å². The molecule has 198 valence electrons. The van der Waals surface area contributed by atoms with Crippen molar-refractivity contribution in [1.29, 1.82) is 0 Å². The Morgan fingerprint density at radius 1 is 0.947 bits per heavy atom. The summed E-state index contributed by atoms with van der Waals surface area (Å²) in [7, 11) is 4.46. The number of fused-ring (bicyclic) bond motifs is 1. The Bertz CT molecular complexity index is 1460. The van der Waals surface area contributed by atoms with Gasteiger partial charge in [0.1, 0.15) is 24.2 Å². The Morgan fingerprint density at radius 3 is 2.37 bits per heavy atom. The number of hydrogen-bond donors (Lipinski definition) is 2. The number of aromatic nitrogens is 3. The average Bonchev–Trinajstić information content (AvgIpc) is 2.90. The van der Waals surface area contributed by atoms with E-state index in [2.05, 4.69) is 25.6 Å². The number of benzene rings is 2. The molecule has 0 aliphatic carbocycles. The highest BCUT2D eigenvalue weighted by Crippen LogP contribution is 2.37. The van der Waals surface area contributed by atoms with Gasteiger partial charge in [0.25, 0.3) is 5.91 Å². The maximum absolute atomic E-state index is 14.9. The lowest BCUT2D eigenvalue weighted by molar-refractivity contribution is 0.101. The van der Waals surface area contributed by atoms with Gasteiger partial charge >= 0.3 is 0 Å². The van der Waals surface area contributed by atoms with Crippen LogP contribution in [0.15, 0.2) is 42.9 Å². The standard InChI is InChI=1S/C25H22F3N5O5/c1-29-6-7-37-20-11-17-14(10-19(20)36-3)25(32-12-31-17)38-22-15(26)8-13(9-16(22)27)33-24(34)21-18(35-2)4-5-30-23(21)28/h4-5,8-12,29H,6-7H2,1-3H3,(H,33,34). The number of nitrogens with one attached hydrogen (secondary N) is 2. The lowest BCUT2D eigenvalue weighted by atomic mass is 10.2. The van der Waals surface area contributed by atoms with E-state index in [9.17, 15) is 18.0 Å². The molecule has 2 aromatic carbocycles. The SMILES string of the molecule is CNCCOc1cc2ncnc(Oc3c(F)cc(NC(=O)c4c(OC)ccnc4F)cc3F)c2cc1OC. The lowest BCUT2D eigenvalue weighted by Crippen LogP contribution is -2.16. The molecule has 0 fully saturated rings. The minimum atomic E-state index is -1.15. The summed E-state index contributed by atoms with van der Waals surface area (Å²) in [5.41, 5.74) is -0.431. The Labute approximate surface area is 214 Å². The predicted octanol–water partition coefficient (Wildman–Crippen LogP) is 4.10. The number of halogens is 3. The number of anilines is 1. The molecule has 10 nitrogen and oxygen atoms in total. The van der Waals surface area contributed by atoms with Crippen molar-refractivity contribution >= 4 is 22.5 Å². The zero-order chi connectivity index (χ0) is 27.2. The second-order valence-corrected chi connectivity index (χ2v) is 7.66. The molecule has 0 radical (unpaired) electrons. The van der Waals surface area contributed by atoms with Gasteiger partial charge in [0.05, 0.1) is 25.1 Å². The van der Waals surface area contributed by atoms with E-state index in [1.165, 1.54) is 32.7 Å².